The van der Waals surface area contributed by atoms with Crippen LogP contribution in [0.1, 0.15) is 11.8 Å². The molecule has 0 aliphatic heterocycles. The summed E-state index contributed by atoms with van der Waals surface area (Å²) >= 11 is 5.58. The number of halogens is 1. The summed E-state index contributed by atoms with van der Waals surface area (Å²) in [6.45, 7) is 3.52. The maximum Gasteiger partial charge on any atom is 0.125 e. The Bertz CT molecular complexity index is 231. The van der Waals surface area contributed by atoms with Gasteiger partial charge < -0.3 is 10.2 Å². The van der Waals surface area contributed by atoms with Gasteiger partial charge in [0.25, 0.3) is 0 Å². The summed E-state index contributed by atoms with van der Waals surface area (Å²) in [6, 6.07) is 1.42. The molecule has 0 amide bonds. The van der Waals surface area contributed by atoms with Crippen molar-refractivity contribution in [3.05, 3.63) is 35.8 Å². The first-order chi connectivity index (χ1) is 4.74. The van der Waals surface area contributed by atoms with E-state index in [0.717, 1.165) is 0 Å². The minimum atomic E-state index is -0.257. The van der Waals surface area contributed by atoms with Gasteiger partial charge in [0.15, 0.2) is 0 Å². The van der Waals surface area contributed by atoms with Crippen molar-refractivity contribution in [3.8, 4) is 0 Å². The van der Waals surface area contributed by atoms with Crippen LogP contribution in [0.2, 0.25) is 5.02 Å². The third-order valence-corrected chi connectivity index (χ3v) is 1.37. The Morgan fingerprint density at radius 3 is 2.90 bits per heavy atom. The van der Waals surface area contributed by atoms with E-state index in [1.54, 1.807) is 12.1 Å². The Morgan fingerprint density at radius 1 is 1.80 bits per heavy atom. The van der Waals surface area contributed by atoms with Gasteiger partial charge in [-0.2, -0.15) is 0 Å². The second kappa shape index (κ2) is 2.90. The maximum atomic E-state index is 5.58. The zero-order valence-corrected chi connectivity index (χ0v) is 6.14. The van der Waals surface area contributed by atoms with Gasteiger partial charge in [-0.15, -0.1) is 6.58 Å². The predicted octanol–water partition coefficient (Wildman–Crippen LogP) is 2.12. The summed E-state index contributed by atoms with van der Waals surface area (Å²) in [5, 5.41) is 0.562. The Hall–Kier alpha value is -0.730. The van der Waals surface area contributed by atoms with Crippen LogP contribution in [0.15, 0.2) is 29.4 Å². The van der Waals surface area contributed by atoms with E-state index in [-0.39, 0.29) is 6.04 Å². The highest BCUT2D eigenvalue weighted by molar-refractivity contribution is 6.30. The van der Waals surface area contributed by atoms with Crippen LogP contribution >= 0.6 is 11.6 Å². The molecular weight excluding hydrogens is 150 g/mol. The van der Waals surface area contributed by atoms with Crippen LogP contribution < -0.4 is 5.73 Å². The van der Waals surface area contributed by atoms with Crippen LogP contribution in [0.5, 0.6) is 0 Å². The third kappa shape index (κ3) is 1.40. The highest BCUT2D eigenvalue weighted by Crippen LogP contribution is 2.18. The summed E-state index contributed by atoms with van der Waals surface area (Å²) in [6.07, 6.45) is 3.04. The second-order valence-electron chi connectivity index (χ2n) is 1.93. The fraction of sp³-hybridized carbons (Fsp3) is 0.143. The van der Waals surface area contributed by atoms with Crippen molar-refractivity contribution in [1.29, 1.82) is 0 Å². The average molecular weight is 158 g/mol. The molecule has 0 saturated carbocycles. The molecule has 10 heavy (non-hydrogen) atoms. The molecular formula is C7H8ClNO. The average Bonchev–Trinajstić information content (AvgIpc) is 2.34. The number of furan rings is 1. The third-order valence-electron chi connectivity index (χ3n) is 1.17. The van der Waals surface area contributed by atoms with Crippen LogP contribution in [-0.2, 0) is 0 Å². The molecule has 1 aromatic rings. The molecule has 0 aliphatic carbocycles. The molecule has 2 N–H and O–H groups in total. The monoisotopic (exact) mass is 157 g/mol. The van der Waals surface area contributed by atoms with E-state index in [4.69, 9.17) is 21.8 Å². The molecule has 1 atom stereocenters. The Morgan fingerprint density at radius 2 is 2.50 bits per heavy atom. The van der Waals surface area contributed by atoms with Crippen LogP contribution in [0.25, 0.3) is 0 Å². The first-order valence-corrected chi connectivity index (χ1v) is 3.24. The number of nitrogens with two attached hydrogens (primary N) is 1. The van der Waals surface area contributed by atoms with Crippen LogP contribution in [-0.4, -0.2) is 0 Å². The topological polar surface area (TPSA) is 39.2 Å². The zero-order valence-electron chi connectivity index (χ0n) is 5.38. The van der Waals surface area contributed by atoms with E-state index in [0.29, 0.717) is 10.8 Å². The van der Waals surface area contributed by atoms with Crippen molar-refractivity contribution in [3.63, 3.8) is 0 Å². The molecule has 3 heteroatoms. The standard InChI is InChI=1S/C7H8ClNO/c1-2-6(9)7-3-5(8)4-10-7/h2-4,6H,1,9H2. The van der Waals surface area contributed by atoms with Crippen molar-refractivity contribution >= 4 is 11.6 Å². The highest BCUT2D eigenvalue weighted by Gasteiger charge is 2.04. The highest BCUT2D eigenvalue weighted by atomic mass is 35.5. The van der Waals surface area contributed by atoms with E-state index >= 15 is 0 Å². The van der Waals surface area contributed by atoms with E-state index in [1.807, 2.05) is 0 Å². The Balaban J connectivity index is 2.84. The van der Waals surface area contributed by atoms with E-state index in [1.165, 1.54) is 6.26 Å². The van der Waals surface area contributed by atoms with Crippen LogP contribution in [0.3, 0.4) is 0 Å². The quantitative estimate of drug-likeness (QED) is 0.668. The lowest BCUT2D eigenvalue weighted by Gasteiger charge is -1.97. The maximum absolute atomic E-state index is 5.58. The largest absolute Gasteiger partial charge is 0.466 e. The van der Waals surface area contributed by atoms with Gasteiger partial charge in [-0.1, -0.05) is 17.7 Å². The second-order valence-corrected chi connectivity index (χ2v) is 2.37. The summed E-state index contributed by atoms with van der Waals surface area (Å²) in [5.74, 6) is 0.639. The molecule has 2 nitrogen and oxygen atoms in total. The van der Waals surface area contributed by atoms with Crippen LogP contribution in [0.4, 0.5) is 0 Å². The smallest absolute Gasteiger partial charge is 0.125 e. The minimum Gasteiger partial charge on any atom is -0.466 e. The van der Waals surface area contributed by atoms with Gasteiger partial charge in [-0.25, -0.2) is 0 Å². The molecule has 0 radical (unpaired) electrons. The van der Waals surface area contributed by atoms with Gasteiger partial charge in [-0.3, -0.25) is 0 Å². The Kier molecular flexibility index (Phi) is 2.14. The minimum absolute atomic E-state index is 0.257. The molecule has 0 aromatic carbocycles. The predicted molar refractivity (Wildman–Crippen MR) is 40.8 cm³/mol. The summed E-state index contributed by atoms with van der Waals surface area (Å²) < 4.78 is 4.99. The molecule has 0 bridgehead atoms. The fourth-order valence-electron chi connectivity index (χ4n) is 0.619. The summed E-state index contributed by atoms with van der Waals surface area (Å²) in [7, 11) is 0. The van der Waals surface area contributed by atoms with Crippen LogP contribution in [0, 0.1) is 0 Å². The van der Waals surface area contributed by atoms with Gasteiger partial charge in [0.1, 0.15) is 12.0 Å². The molecule has 1 unspecified atom stereocenters. The lowest BCUT2D eigenvalue weighted by molar-refractivity contribution is 0.494. The lowest BCUT2D eigenvalue weighted by Crippen LogP contribution is -2.04. The summed E-state index contributed by atoms with van der Waals surface area (Å²) in [5.41, 5.74) is 5.54. The number of rotatable bonds is 2. The zero-order chi connectivity index (χ0) is 7.56. The van der Waals surface area contributed by atoms with Gasteiger partial charge >= 0.3 is 0 Å². The van der Waals surface area contributed by atoms with Crippen molar-refractivity contribution in [2.24, 2.45) is 5.73 Å². The van der Waals surface area contributed by atoms with Gasteiger partial charge in [0.2, 0.25) is 0 Å². The normalized spacial score (nSPS) is 13.0. The molecule has 0 aliphatic rings. The van der Waals surface area contributed by atoms with Gasteiger partial charge in [-0.05, 0) is 0 Å². The molecule has 0 fully saturated rings. The fourth-order valence-corrected chi connectivity index (χ4v) is 0.771. The molecule has 1 heterocycles. The molecule has 1 rings (SSSR count). The van der Waals surface area contributed by atoms with Crippen molar-refractivity contribution < 1.29 is 4.42 Å². The van der Waals surface area contributed by atoms with E-state index in [2.05, 4.69) is 6.58 Å². The van der Waals surface area contributed by atoms with Gasteiger partial charge in [0, 0.05) is 6.07 Å². The van der Waals surface area contributed by atoms with Crippen molar-refractivity contribution in [2.45, 2.75) is 6.04 Å². The first kappa shape index (κ1) is 7.38. The molecule has 1 aromatic heterocycles. The lowest BCUT2D eigenvalue weighted by atomic mass is 10.2. The van der Waals surface area contributed by atoms with Crippen molar-refractivity contribution in [1.82, 2.24) is 0 Å². The Labute approximate surface area is 64.3 Å². The van der Waals surface area contributed by atoms with Crippen molar-refractivity contribution in [2.75, 3.05) is 0 Å². The van der Waals surface area contributed by atoms with E-state index < -0.39 is 0 Å². The summed E-state index contributed by atoms with van der Waals surface area (Å²) in [4.78, 5) is 0. The molecule has 0 saturated heterocycles. The van der Waals surface area contributed by atoms with Gasteiger partial charge in [0.05, 0.1) is 11.1 Å². The van der Waals surface area contributed by atoms with E-state index in [9.17, 15) is 0 Å². The number of hydrogen-bond donors (Lipinski definition) is 1. The first-order valence-electron chi connectivity index (χ1n) is 2.86. The number of hydrogen-bond acceptors (Lipinski definition) is 2. The SMILES string of the molecule is C=CC(N)c1cc(Cl)co1. The molecule has 0 spiro atoms. The molecule has 54 valence electrons.